The first kappa shape index (κ1) is 13.3. The Morgan fingerprint density at radius 1 is 1.33 bits per heavy atom. The van der Waals surface area contributed by atoms with E-state index in [4.69, 9.17) is 4.42 Å². The van der Waals surface area contributed by atoms with Crippen molar-refractivity contribution in [3.8, 4) is 0 Å². The molecule has 18 heavy (non-hydrogen) atoms. The number of aryl methyl sites for hydroxylation is 1. The van der Waals surface area contributed by atoms with Crippen LogP contribution in [0.5, 0.6) is 0 Å². The Bertz CT molecular complexity index is 538. The molecule has 1 aromatic heterocycles. The maximum Gasteiger partial charge on any atom is 0.137 e. The van der Waals surface area contributed by atoms with Gasteiger partial charge in [-0.3, -0.25) is 0 Å². The molecule has 1 unspecified atom stereocenters. The summed E-state index contributed by atoms with van der Waals surface area (Å²) < 4.78 is 19.1. The van der Waals surface area contributed by atoms with Gasteiger partial charge >= 0.3 is 0 Å². The molecular weight excluding hydrogens is 297 g/mol. The third kappa shape index (κ3) is 3.21. The van der Waals surface area contributed by atoms with Crippen molar-refractivity contribution in [1.82, 2.24) is 5.32 Å². The van der Waals surface area contributed by atoms with Gasteiger partial charge in [0.2, 0.25) is 0 Å². The monoisotopic (exact) mass is 311 g/mol. The summed E-state index contributed by atoms with van der Waals surface area (Å²) in [7, 11) is 0. The standard InChI is InChI=1S/C14H15BrFNO/c1-9-3-6-14(18-9)10(2)17-8-11-4-5-13(16)12(15)7-11/h3-7,10,17H,8H2,1-2H3. The zero-order valence-electron chi connectivity index (χ0n) is 10.3. The molecular formula is C14H15BrFNO. The van der Waals surface area contributed by atoms with Crippen LogP contribution in [-0.4, -0.2) is 0 Å². The Hall–Kier alpha value is -1.13. The Morgan fingerprint density at radius 3 is 2.72 bits per heavy atom. The van der Waals surface area contributed by atoms with Crippen LogP contribution in [0.1, 0.15) is 30.0 Å². The second kappa shape index (κ2) is 5.67. The molecule has 0 saturated carbocycles. The average Bonchev–Trinajstić information content (AvgIpc) is 2.77. The first-order valence-electron chi connectivity index (χ1n) is 5.80. The Morgan fingerprint density at radius 2 is 2.11 bits per heavy atom. The predicted octanol–water partition coefficient (Wildman–Crippen LogP) is 4.34. The van der Waals surface area contributed by atoms with E-state index >= 15 is 0 Å². The molecule has 2 rings (SSSR count). The second-order valence-corrected chi connectivity index (χ2v) is 5.15. The van der Waals surface area contributed by atoms with Gasteiger partial charge in [-0.05, 0) is 59.6 Å². The van der Waals surface area contributed by atoms with Crippen molar-refractivity contribution >= 4 is 15.9 Å². The molecule has 1 atom stereocenters. The lowest BCUT2D eigenvalue weighted by Crippen LogP contribution is -2.17. The predicted molar refractivity (Wildman–Crippen MR) is 72.8 cm³/mol. The first-order valence-corrected chi connectivity index (χ1v) is 6.59. The molecule has 96 valence electrons. The van der Waals surface area contributed by atoms with Crippen molar-refractivity contribution in [3.63, 3.8) is 0 Å². The summed E-state index contributed by atoms with van der Waals surface area (Å²) in [5, 5.41) is 3.34. The number of hydrogen-bond donors (Lipinski definition) is 1. The fourth-order valence-electron chi connectivity index (χ4n) is 1.71. The van der Waals surface area contributed by atoms with Crippen LogP contribution in [0.3, 0.4) is 0 Å². The van der Waals surface area contributed by atoms with E-state index in [9.17, 15) is 4.39 Å². The molecule has 0 amide bonds. The zero-order valence-corrected chi connectivity index (χ0v) is 11.9. The molecule has 4 heteroatoms. The topological polar surface area (TPSA) is 25.2 Å². The van der Waals surface area contributed by atoms with E-state index in [-0.39, 0.29) is 11.9 Å². The number of nitrogens with one attached hydrogen (secondary N) is 1. The van der Waals surface area contributed by atoms with Gasteiger partial charge in [0.1, 0.15) is 17.3 Å². The third-order valence-electron chi connectivity index (χ3n) is 2.78. The number of furan rings is 1. The molecule has 0 aliphatic carbocycles. The highest BCUT2D eigenvalue weighted by Crippen LogP contribution is 2.19. The smallest absolute Gasteiger partial charge is 0.137 e. The zero-order chi connectivity index (χ0) is 13.1. The summed E-state index contributed by atoms with van der Waals surface area (Å²) in [5.41, 5.74) is 1.03. The van der Waals surface area contributed by atoms with Crippen molar-refractivity contribution in [2.75, 3.05) is 0 Å². The summed E-state index contributed by atoms with van der Waals surface area (Å²) in [4.78, 5) is 0. The van der Waals surface area contributed by atoms with Crippen molar-refractivity contribution in [3.05, 3.63) is 57.7 Å². The minimum Gasteiger partial charge on any atom is -0.465 e. The summed E-state index contributed by atoms with van der Waals surface area (Å²) in [6.45, 7) is 4.63. The fraction of sp³-hybridized carbons (Fsp3) is 0.286. The maximum atomic E-state index is 13.1. The number of benzene rings is 1. The van der Waals surface area contributed by atoms with E-state index in [1.54, 1.807) is 12.1 Å². The highest BCUT2D eigenvalue weighted by atomic mass is 79.9. The van der Waals surface area contributed by atoms with Crippen LogP contribution in [0.4, 0.5) is 4.39 Å². The molecule has 2 aromatic rings. The van der Waals surface area contributed by atoms with E-state index < -0.39 is 0 Å². The van der Waals surface area contributed by atoms with Crippen LogP contribution < -0.4 is 5.32 Å². The van der Waals surface area contributed by atoms with Gasteiger partial charge in [0.15, 0.2) is 0 Å². The minimum atomic E-state index is -0.242. The number of hydrogen-bond acceptors (Lipinski definition) is 2. The van der Waals surface area contributed by atoms with Gasteiger partial charge in [-0.1, -0.05) is 6.07 Å². The molecule has 0 fully saturated rings. The van der Waals surface area contributed by atoms with E-state index in [2.05, 4.69) is 21.2 Å². The lowest BCUT2D eigenvalue weighted by Gasteiger charge is -2.11. The maximum absolute atomic E-state index is 13.1. The van der Waals surface area contributed by atoms with Gasteiger partial charge < -0.3 is 9.73 Å². The van der Waals surface area contributed by atoms with Crippen molar-refractivity contribution in [2.24, 2.45) is 0 Å². The van der Waals surface area contributed by atoms with Gasteiger partial charge in [0.25, 0.3) is 0 Å². The molecule has 1 N–H and O–H groups in total. The summed E-state index contributed by atoms with van der Waals surface area (Å²) in [6.07, 6.45) is 0. The van der Waals surface area contributed by atoms with E-state index in [0.717, 1.165) is 17.1 Å². The Balaban J connectivity index is 1.97. The fourth-order valence-corrected chi connectivity index (χ4v) is 2.13. The Labute approximate surface area is 114 Å². The average molecular weight is 312 g/mol. The minimum absolute atomic E-state index is 0.127. The van der Waals surface area contributed by atoms with E-state index in [1.165, 1.54) is 6.07 Å². The molecule has 0 bridgehead atoms. The van der Waals surface area contributed by atoms with Gasteiger partial charge in [0, 0.05) is 6.54 Å². The third-order valence-corrected chi connectivity index (χ3v) is 3.39. The van der Waals surface area contributed by atoms with E-state index in [1.807, 2.05) is 26.0 Å². The first-order chi connectivity index (χ1) is 8.56. The van der Waals surface area contributed by atoms with Gasteiger partial charge in [-0.25, -0.2) is 4.39 Å². The highest BCUT2D eigenvalue weighted by molar-refractivity contribution is 9.10. The molecule has 0 saturated heterocycles. The summed E-state index contributed by atoms with van der Waals surface area (Å²) in [6, 6.07) is 9.05. The second-order valence-electron chi connectivity index (χ2n) is 4.30. The van der Waals surface area contributed by atoms with Crippen molar-refractivity contribution in [2.45, 2.75) is 26.4 Å². The van der Waals surface area contributed by atoms with Gasteiger partial charge in [0.05, 0.1) is 10.5 Å². The van der Waals surface area contributed by atoms with Gasteiger partial charge in [-0.2, -0.15) is 0 Å². The molecule has 0 aliphatic rings. The quantitative estimate of drug-likeness (QED) is 0.908. The van der Waals surface area contributed by atoms with Crippen LogP contribution in [0.15, 0.2) is 39.2 Å². The van der Waals surface area contributed by atoms with Crippen molar-refractivity contribution < 1.29 is 8.81 Å². The van der Waals surface area contributed by atoms with Crippen LogP contribution in [0.25, 0.3) is 0 Å². The molecule has 2 nitrogen and oxygen atoms in total. The SMILES string of the molecule is Cc1ccc(C(C)NCc2ccc(F)c(Br)c2)o1. The molecule has 1 heterocycles. The number of rotatable bonds is 4. The highest BCUT2D eigenvalue weighted by Gasteiger charge is 2.09. The molecule has 0 aliphatic heterocycles. The lowest BCUT2D eigenvalue weighted by atomic mass is 10.2. The van der Waals surface area contributed by atoms with Crippen molar-refractivity contribution in [1.29, 1.82) is 0 Å². The Kier molecular flexibility index (Phi) is 4.19. The van der Waals surface area contributed by atoms with Gasteiger partial charge in [-0.15, -0.1) is 0 Å². The van der Waals surface area contributed by atoms with Crippen LogP contribution in [0.2, 0.25) is 0 Å². The molecule has 1 aromatic carbocycles. The van der Waals surface area contributed by atoms with Crippen LogP contribution in [-0.2, 0) is 6.54 Å². The normalized spacial score (nSPS) is 12.7. The lowest BCUT2D eigenvalue weighted by molar-refractivity contribution is 0.416. The summed E-state index contributed by atoms with van der Waals surface area (Å²) in [5.74, 6) is 1.57. The van der Waals surface area contributed by atoms with Crippen LogP contribution >= 0.6 is 15.9 Å². The molecule has 0 spiro atoms. The largest absolute Gasteiger partial charge is 0.465 e. The van der Waals surface area contributed by atoms with Crippen LogP contribution in [0, 0.1) is 12.7 Å². The number of halogens is 2. The summed E-state index contributed by atoms with van der Waals surface area (Å²) >= 11 is 3.18. The molecule has 0 radical (unpaired) electrons. The van der Waals surface area contributed by atoms with E-state index in [0.29, 0.717) is 11.0 Å².